The molecule has 1 saturated carbocycles. The van der Waals surface area contributed by atoms with E-state index in [9.17, 15) is 4.79 Å². The minimum atomic E-state index is 0.0209. The van der Waals surface area contributed by atoms with Crippen LogP contribution in [0.4, 0.5) is 5.69 Å². The number of amides is 1. The van der Waals surface area contributed by atoms with Crippen molar-refractivity contribution in [2.75, 3.05) is 12.3 Å². The topological polar surface area (TPSA) is 70.1 Å². The molecule has 17 heavy (non-hydrogen) atoms. The molecule has 90 valence electrons. The maximum atomic E-state index is 12.3. The summed E-state index contributed by atoms with van der Waals surface area (Å²) in [5.74, 6) is 0.0209. The lowest BCUT2D eigenvalue weighted by Crippen LogP contribution is -2.33. The zero-order chi connectivity index (χ0) is 12.4. The SMILES string of the molecule is Cc1sc(C(=O)N(CCC#N)C2CC2)cc1N. The average Bonchev–Trinajstić information content (AvgIpc) is 3.07. The highest BCUT2D eigenvalue weighted by molar-refractivity contribution is 7.14. The number of nitrogens with zero attached hydrogens (tertiary/aromatic N) is 2. The minimum absolute atomic E-state index is 0.0209. The van der Waals surface area contributed by atoms with Crippen LogP contribution in [-0.4, -0.2) is 23.4 Å². The molecule has 0 radical (unpaired) electrons. The van der Waals surface area contributed by atoms with E-state index in [1.807, 2.05) is 11.8 Å². The number of carbonyl (C=O) groups excluding carboxylic acids is 1. The van der Waals surface area contributed by atoms with E-state index >= 15 is 0 Å². The van der Waals surface area contributed by atoms with Crippen molar-refractivity contribution < 1.29 is 4.79 Å². The fourth-order valence-corrected chi connectivity index (χ4v) is 2.65. The lowest BCUT2D eigenvalue weighted by atomic mass is 10.3. The molecule has 0 spiro atoms. The molecule has 0 bridgehead atoms. The van der Waals surface area contributed by atoms with E-state index in [-0.39, 0.29) is 5.91 Å². The number of hydrogen-bond acceptors (Lipinski definition) is 4. The van der Waals surface area contributed by atoms with Crippen LogP contribution in [0.2, 0.25) is 0 Å². The highest BCUT2D eigenvalue weighted by Gasteiger charge is 2.33. The van der Waals surface area contributed by atoms with Crippen LogP contribution in [0, 0.1) is 18.3 Å². The van der Waals surface area contributed by atoms with E-state index in [0.717, 1.165) is 17.7 Å². The summed E-state index contributed by atoms with van der Waals surface area (Å²) in [7, 11) is 0. The molecule has 0 unspecified atom stereocenters. The lowest BCUT2D eigenvalue weighted by molar-refractivity contribution is 0.0752. The zero-order valence-electron chi connectivity index (χ0n) is 9.77. The van der Waals surface area contributed by atoms with Gasteiger partial charge >= 0.3 is 0 Å². The Morgan fingerprint density at radius 1 is 1.71 bits per heavy atom. The summed E-state index contributed by atoms with van der Waals surface area (Å²) in [4.78, 5) is 15.7. The van der Waals surface area contributed by atoms with Gasteiger partial charge in [-0.2, -0.15) is 5.26 Å². The number of anilines is 1. The standard InChI is InChI=1S/C12H15N3OS/c1-8-10(14)7-11(17-8)12(16)15(6-2-5-13)9-3-4-9/h7,9H,2-4,6,14H2,1H3. The van der Waals surface area contributed by atoms with Crippen molar-refractivity contribution in [1.82, 2.24) is 4.90 Å². The van der Waals surface area contributed by atoms with Crippen molar-refractivity contribution in [1.29, 1.82) is 5.26 Å². The first-order valence-electron chi connectivity index (χ1n) is 5.67. The number of aryl methyl sites for hydroxylation is 1. The number of rotatable bonds is 4. The summed E-state index contributed by atoms with van der Waals surface area (Å²) >= 11 is 1.43. The molecule has 1 heterocycles. The van der Waals surface area contributed by atoms with Crippen molar-refractivity contribution in [3.05, 3.63) is 15.8 Å². The number of nitrogen functional groups attached to an aromatic ring is 1. The van der Waals surface area contributed by atoms with Crippen LogP contribution in [0.5, 0.6) is 0 Å². The first-order chi connectivity index (χ1) is 8.13. The van der Waals surface area contributed by atoms with E-state index in [1.165, 1.54) is 11.3 Å². The summed E-state index contributed by atoms with van der Waals surface area (Å²) in [5, 5.41) is 8.61. The fourth-order valence-electron chi connectivity index (χ4n) is 1.75. The number of nitrogens with two attached hydrogens (primary N) is 1. The van der Waals surface area contributed by atoms with Crippen molar-refractivity contribution in [3.63, 3.8) is 0 Å². The second-order valence-corrected chi connectivity index (χ2v) is 5.52. The van der Waals surface area contributed by atoms with Gasteiger partial charge in [0.2, 0.25) is 0 Å². The monoisotopic (exact) mass is 249 g/mol. The summed E-state index contributed by atoms with van der Waals surface area (Å²) in [6.07, 6.45) is 2.50. The number of thiophene rings is 1. The quantitative estimate of drug-likeness (QED) is 0.888. The van der Waals surface area contributed by atoms with E-state index < -0.39 is 0 Å². The maximum Gasteiger partial charge on any atom is 0.264 e. The van der Waals surface area contributed by atoms with Gasteiger partial charge in [-0.25, -0.2) is 0 Å². The highest BCUT2D eigenvalue weighted by Crippen LogP contribution is 2.31. The molecular formula is C12H15N3OS. The van der Waals surface area contributed by atoms with E-state index in [0.29, 0.717) is 29.6 Å². The predicted octanol–water partition coefficient (Wildman–Crippen LogP) is 2.16. The van der Waals surface area contributed by atoms with E-state index in [4.69, 9.17) is 11.0 Å². The van der Waals surface area contributed by atoms with Gasteiger partial charge in [0.1, 0.15) is 0 Å². The molecule has 1 amide bonds. The minimum Gasteiger partial charge on any atom is -0.398 e. The van der Waals surface area contributed by atoms with Crippen molar-refractivity contribution in [2.24, 2.45) is 0 Å². The summed E-state index contributed by atoms with van der Waals surface area (Å²) in [6, 6.07) is 4.16. The second kappa shape index (κ2) is 4.76. The maximum absolute atomic E-state index is 12.3. The van der Waals surface area contributed by atoms with Gasteiger partial charge in [0.25, 0.3) is 5.91 Å². The smallest absolute Gasteiger partial charge is 0.264 e. The van der Waals surface area contributed by atoms with Crippen molar-refractivity contribution in [3.8, 4) is 6.07 Å². The van der Waals surface area contributed by atoms with E-state index in [1.54, 1.807) is 6.07 Å². The molecule has 1 aliphatic carbocycles. The van der Waals surface area contributed by atoms with Gasteiger partial charge in [-0.3, -0.25) is 4.79 Å². The number of hydrogen-bond donors (Lipinski definition) is 1. The Morgan fingerprint density at radius 2 is 2.41 bits per heavy atom. The summed E-state index contributed by atoms with van der Waals surface area (Å²) in [6.45, 7) is 2.43. The van der Waals surface area contributed by atoms with Crippen LogP contribution < -0.4 is 5.73 Å². The fraction of sp³-hybridized carbons (Fsp3) is 0.500. The van der Waals surface area contributed by atoms with Gasteiger partial charge in [0, 0.05) is 23.2 Å². The molecule has 4 nitrogen and oxygen atoms in total. The Balaban J connectivity index is 2.13. The van der Waals surface area contributed by atoms with Crippen LogP contribution in [0.15, 0.2) is 6.07 Å². The van der Waals surface area contributed by atoms with Gasteiger partial charge < -0.3 is 10.6 Å². The molecule has 1 fully saturated rings. The molecule has 1 aromatic rings. The molecule has 2 N–H and O–H groups in total. The highest BCUT2D eigenvalue weighted by atomic mass is 32.1. The lowest BCUT2D eigenvalue weighted by Gasteiger charge is -2.20. The van der Waals surface area contributed by atoms with Crippen molar-refractivity contribution >= 4 is 22.9 Å². The predicted molar refractivity (Wildman–Crippen MR) is 67.8 cm³/mol. The summed E-state index contributed by atoms with van der Waals surface area (Å²) < 4.78 is 0. The van der Waals surface area contributed by atoms with Gasteiger partial charge in [0.05, 0.1) is 17.4 Å². The Hall–Kier alpha value is -1.54. The van der Waals surface area contributed by atoms with Crippen molar-refractivity contribution in [2.45, 2.75) is 32.2 Å². The molecule has 0 atom stereocenters. The molecule has 2 rings (SSSR count). The Labute approximate surface area is 105 Å². The molecular weight excluding hydrogens is 234 g/mol. The van der Waals surface area contributed by atoms with Crippen LogP contribution in [-0.2, 0) is 0 Å². The first kappa shape index (κ1) is 11.9. The third kappa shape index (κ3) is 2.59. The third-order valence-corrected chi connectivity index (χ3v) is 3.93. The molecule has 1 aromatic heterocycles. The third-order valence-electron chi connectivity index (χ3n) is 2.88. The largest absolute Gasteiger partial charge is 0.398 e. The molecule has 0 saturated heterocycles. The van der Waals surface area contributed by atoms with E-state index in [2.05, 4.69) is 6.07 Å². The Morgan fingerprint density at radius 3 is 2.88 bits per heavy atom. The van der Waals surface area contributed by atoms with Gasteiger partial charge in [-0.1, -0.05) is 0 Å². The molecule has 1 aliphatic rings. The van der Waals surface area contributed by atoms with Gasteiger partial charge in [-0.15, -0.1) is 11.3 Å². The Kier molecular flexibility index (Phi) is 3.34. The number of nitriles is 1. The second-order valence-electron chi connectivity index (χ2n) is 4.26. The zero-order valence-corrected chi connectivity index (χ0v) is 10.6. The van der Waals surface area contributed by atoms with Crippen LogP contribution >= 0.6 is 11.3 Å². The number of carbonyl (C=O) groups is 1. The normalized spacial score (nSPS) is 14.4. The van der Waals surface area contributed by atoms with Crippen LogP contribution in [0.3, 0.4) is 0 Å². The van der Waals surface area contributed by atoms with Gasteiger partial charge in [-0.05, 0) is 25.8 Å². The molecule has 0 aliphatic heterocycles. The van der Waals surface area contributed by atoms with Gasteiger partial charge in [0.15, 0.2) is 0 Å². The molecule has 0 aromatic carbocycles. The summed E-state index contributed by atoms with van der Waals surface area (Å²) in [5.41, 5.74) is 6.43. The average molecular weight is 249 g/mol. The van der Waals surface area contributed by atoms with Crippen LogP contribution in [0.1, 0.15) is 33.8 Å². The molecule has 5 heteroatoms. The Bertz CT molecular complexity index is 451. The van der Waals surface area contributed by atoms with Crippen LogP contribution in [0.25, 0.3) is 0 Å². The first-order valence-corrected chi connectivity index (χ1v) is 6.49.